The summed E-state index contributed by atoms with van der Waals surface area (Å²) in [6.45, 7) is -0.586. The molecule has 0 atom stereocenters. The topological polar surface area (TPSA) is 126 Å². The molecule has 0 heterocycles. The SMILES string of the molecule is COc1ccc(C(=O)OCC(=O)Nc2cccc(C#N)c2)cc1S(=O)(=O)N(C)C. The Morgan fingerprint density at radius 3 is 2.52 bits per heavy atom. The number of amides is 1. The van der Waals surface area contributed by atoms with Gasteiger partial charge < -0.3 is 14.8 Å². The first kappa shape index (κ1) is 21.9. The van der Waals surface area contributed by atoms with Crippen LogP contribution < -0.4 is 10.1 Å². The van der Waals surface area contributed by atoms with E-state index in [9.17, 15) is 18.0 Å². The third-order valence-corrected chi connectivity index (χ3v) is 5.60. The van der Waals surface area contributed by atoms with Crippen molar-refractivity contribution in [2.24, 2.45) is 0 Å². The Kier molecular flexibility index (Phi) is 6.93. The Morgan fingerprint density at radius 2 is 1.90 bits per heavy atom. The van der Waals surface area contributed by atoms with Crippen LogP contribution in [0.3, 0.4) is 0 Å². The van der Waals surface area contributed by atoms with Crippen LogP contribution in [0, 0.1) is 11.3 Å². The number of hydrogen-bond donors (Lipinski definition) is 1. The highest BCUT2D eigenvalue weighted by Crippen LogP contribution is 2.27. The number of rotatable bonds is 7. The second kappa shape index (κ2) is 9.18. The number of nitrogens with zero attached hydrogens (tertiary/aromatic N) is 2. The quantitative estimate of drug-likeness (QED) is 0.678. The van der Waals surface area contributed by atoms with Crippen molar-refractivity contribution < 1.29 is 27.5 Å². The predicted molar refractivity (Wildman–Crippen MR) is 104 cm³/mol. The average molecular weight is 417 g/mol. The van der Waals surface area contributed by atoms with Gasteiger partial charge in [-0.25, -0.2) is 17.5 Å². The largest absolute Gasteiger partial charge is 0.495 e. The Hall–Kier alpha value is -3.42. The molecule has 10 heteroatoms. The molecule has 2 rings (SSSR count). The van der Waals surface area contributed by atoms with Crippen molar-refractivity contribution in [2.75, 3.05) is 33.1 Å². The highest BCUT2D eigenvalue weighted by Gasteiger charge is 2.24. The van der Waals surface area contributed by atoms with Crippen LogP contribution in [-0.4, -0.2) is 52.4 Å². The van der Waals surface area contributed by atoms with Gasteiger partial charge in [0.1, 0.15) is 10.6 Å². The number of carbonyl (C=O) groups excluding carboxylic acids is 2. The smallest absolute Gasteiger partial charge is 0.338 e. The van der Waals surface area contributed by atoms with Crippen molar-refractivity contribution in [3.8, 4) is 11.8 Å². The van der Waals surface area contributed by atoms with Gasteiger partial charge in [-0.15, -0.1) is 0 Å². The number of nitrogens with one attached hydrogen (secondary N) is 1. The fraction of sp³-hybridized carbons (Fsp3) is 0.211. The first-order chi connectivity index (χ1) is 13.7. The summed E-state index contributed by atoms with van der Waals surface area (Å²) in [5.41, 5.74) is 0.701. The average Bonchev–Trinajstić information content (AvgIpc) is 2.71. The molecular weight excluding hydrogens is 398 g/mol. The van der Waals surface area contributed by atoms with E-state index in [-0.39, 0.29) is 16.2 Å². The van der Waals surface area contributed by atoms with Crippen molar-refractivity contribution in [3.63, 3.8) is 0 Å². The molecule has 0 radical (unpaired) electrons. The molecule has 2 aromatic carbocycles. The van der Waals surface area contributed by atoms with E-state index in [1.54, 1.807) is 18.2 Å². The maximum absolute atomic E-state index is 12.4. The molecule has 2 aromatic rings. The number of sulfonamides is 1. The Morgan fingerprint density at radius 1 is 1.17 bits per heavy atom. The molecule has 9 nitrogen and oxygen atoms in total. The van der Waals surface area contributed by atoms with E-state index >= 15 is 0 Å². The van der Waals surface area contributed by atoms with E-state index in [4.69, 9.17) is 14.7 Å². The number of methoxy groups -OCH3 is 1. The van der Waals surface area contributed by atoms with Crippen LogP contribution in [0.2, 0.25) is 0 Å². The van der Waals surface area contributed by atoms with E-state index in [1.165, 1.54) is 39.4 Å². The molecule has 152 valence electrons. The second-order valence-electron chi connectivity index (χ2n) is 5.97. The number of hydrogen-bond acceptors (Lipinski definition) is 7. The minimum absolute atomic E-state index is 0.0505. The first-order valence-corrected chi connectivity index (χ1v) is 9.70. The van der Waals surface area contributed by atoms with Gasteiger partial charge in [0.15, 0.2) is 6.61 Å². The van der Waals surface area contributed by atoms with Crippen molar-refractivity contribution >= 4 is 27.6 Å². The molecule has 0 aliphatic carbocycles. The maximum Gasteiger partial charge on any atom is 0.338 e. The van der Waals surface area contributed by atoms with Gasteiger partial charge in [-0.1, -0.05) is 6.07 Å². The monoisotopic (exact) mass is 417 g/mol. The van der Waals surface area contributed by atoms with Gasteiger partial charge in [0.05, 0.1) is 24.3 Å². The summed E-state index contributed by atoms with van der Waals surface area (Å²) in [5, 5.41) is 11.4. The zero-order chi connectivity index (χ0) is 21.6. The van der Waals surface area contributed by atoms with Crippen LogP contribution in [0.4, 0.5) is 5.69 Å². The van der Waals surface area contributed by atoms with Gasteiger partial charge in [0.2, 0.25) is 10.0 Å². The Bertz CT molecular complexity index is 1070. The number of carbonyl (C=O) groups is 2. The lowest BCUT2D eigenvalue weighted by molar-refractivity contribution is -0.119. The maximum atomic E-state index is 12.4. The van der Waals surface area contributed by atoms with E-state index in [0.29, 0.717) is 11.3 Å². The van der Waals surface area contributed by atoms with Crippen molar-refractivity contribution in [1.29, 1.82) is 5.26 Å². The molecular formula is C19H19N3O6S. The molecule has 0 aliphatic heterocycles. The lowest BCUT2D eigenvalue weighted by Crippen LogP contribution is -2.24. The third kappa shape index (κ3) is 5.31. The zero-order valence-electron chi connectivity index (χ0n) is 16.0. The van der Waals surface area contributed by atoms with Gasteiger partial charge in [-0.2, -0.15) is 5.26 Å². The van der Waals surface area contributed by atoms with Gasteiger partial charge in [-0.3, -0.25) is 4.79 Å². The standard InChI is InChI=1S/C19H19N3O6S/c1-22(2)29(25,26)17-10-14(7-8-16(17)27-3)19(24)28-12-18(23)21-15-6-4-5-13(9-15)11-20/h4-10H,12H2,1-3H3,(H,21,23). The lowest BCUT2D eigenvalue weighted by Gasteiger charge is -2.15. The molecule has 0 saturated heterocycles. The van der Waals surface area contributed by atoms with E-state index in [1.807, 2.05) is 6.07 Å². The van der Waals surface area contributed by atoms with Crippen LogP contribution in [0.5, 0.6) is 5.75 Å². The normalized spacial score (nSPS) is 10.9. The number of ether oxygens (including phenoxy) is 2. The minimum Gasteiger partial charge on any atom is -0.495 e. The van der Waals surface area contributed by atoms with E-state index < -0.39 is 28.5 Å². The summed E-state index contributed by atoms with van der Waals surface area (Å²) in [6, 6.07) is 12.0. The Labute approximate surface area is 168 Å². The van der Waals surface area contributed by atoms with Crippen molar-refractivity contribution in [2.45, 2.75) is 4.90 Å². The first-order valence-electron chi connectivity index (χ1n) is 8.26. The van der Waals surface area contributed by atoms with Crippen LogP contribution >= 0.6 is 0 Å². The van der Waals surface area contributed by atoms with Gasteiger partial charge >= 0.3 is 5.97 Å². The molecule has 0 unspecified atom stereocenters. The summed E-state index contributed by atoms with van der Waals surface area (Å²) < 4.78 is 35.8. The van der Waals surface area contributed by atoms with Crippen molar-refractivity contribution in [3.05, 3.63) is 53.6 Å². The predicted octanol–water partition coefficient (Wildman–Crippen LogP) is 1.61. The van der Waals surface area contributed by atoms with E-state index in [2.05, 4.69) is 5.32 Å². The molecule has 0 aromatic heterocycles. The number of benzene rings is 2. The summed E-state index contributed by atoms with van der Waals surface area (Å²) in [6.07, 6.45) is 0. The van der Waals surface area contributed by atoms with E-state index in [0.717, 1.165) is 10.4 Å². The number of nitriles is 1. The molecule has 1 N–H and O–H groups in total. The fourth-order valence-electron chi connectivity index (χ4n) is 2.28. The zero-order valence-corrected chi connectivity index (χ0v) is 16.8. The molecule has 0 spiro atoms. The van der Waals surface area contributed by atoms with Crippen LogP contribution in [0.25, 0.3) is 0 Å². The molecule has 29 heavy (non-hydrogen) atoms. The lowest BCUT2D eigenvalue weighted by atomic mass is 10.2. The summed E-state index contributed by atoms with van der Waals surface area (Å²) in [7, 11) is 0.159. The van der Waals surface area contributed by atoms with Gasteiger partial charge in [0.25, 0.3) is 5.91 Å². The van der Waals surface area contributed by atoms with Crippen molar-refractivity contribution in [1.82, 2.24) is 4.31 Å². The fourth-order valence-corrected chi connectivity index (χ4v) is 3.35. The highest BCUT2D eigenvalue weighted by molar-refractivity contribution is 7.89. The summed E-state index contributed by atoms with van der Waals surface area (Å²) in [4.78, 5) is 24.0. The molecule has 0 fully saturated rings. The minimum atomic E-state index is -3.86. The van der Waals surface area contributed by atoms with Crippen LogP contribution in [0.15, 0.2) is 47.4 Å². The third-order valence-electron chi connectivity index (χ3n) is 3.77. The second-order valence-corrected chi connectivity index (χ2v) is 8.09. The van der Waals surface area contributed by atoms with Crippen LogP contribution in [0.1, 0.15) is 15.9 Å². The van der Waals surface area contributed by atoms with Crippen LogP contribution in [-0.2, 0) is 19.6 Å². The summed E-state index contributed by atoms with van der Waals surface area (Å²) in [5.74, 6) is -1.41. The molecule has 0 aliphatic rings. The van der Waals surface area contributed by atoms with Gasteiger partial charge in [-0.05, 0) is 36.4 Å². The molecule has 0 saturated carbocycles. The summed E-state index contributed by atoms with van der Waals surface area (Å²) >= 11 is 0. The molecule has 0 bridgehead atoms. The number of anilines is 1. The Balaban J connectivity index is 2.11. The van der Waals surface area contributed by atoms with Gasteiger partial charge in [0, 0.05) is 19.8 Å². The molecule has 1 amide bonds. The highest BCUT2D eigenvalue weighted by atomic mass is 32.2. The number of esters is 1.